The van der Waals surface area contributed by atoms with Crippen LogP contribution < -0.4 is 0 Å². The van der Waals surface area contributed by atoms with Gasteiger partial charge in [0.05, 0.1) is 18.2 Å². The maximum Gasteiger partial charge on any atom is 0.416 e. The number of alkyl halides is 3. The molecule has 1 aliphatic heterocycles. The molecule has 2 aromatic rings. The van der Waals surface area contributed by atoms with Gasteiger partial charge in [-0.2, -0.15) is 13.2 Å². The number of hydrogen-bond donors (Lipinski definition) is 0. The van der Waals surface area contributed by atoms with Crippen molar-refractivity contribution in [1.29, 1.82) is 0 Å². The molecule has 1 atom stereocenters. The largest absolute Gasteiger partial charge is 0.449 e. The quantitative estimate of drug-likeness (QED) is 0.744. The van der Waals surface area contributed by atoms with Gasteiger partial charge >= 0.3 is 12.3 Å². The Morgan fingerprint density at radius 1 is 1.12 bits per heavy atom. The van der Waals surface area contributed by atoms with Gasteiger partial charge in [0.1, 0.15) is 0 Å². The molecule has 0 N–H and O–H groups in total. The summed E-state index contributed by atoms with van der Waals surface area (Å²) in [5.74, 6) is 0. The van der Waals surface area contributed by atoms with E-state index in [1.165, 1.54) is 17.0 Å². The Morgan fingerprint density at radius 3 is 2.44 bits per heavy atom. The second-order valence-electron chi connectivity index (χ2n) is 5.57. The molecule has 130 valence electrons. The van der Waals surface area contributed by atoms with E-state index in [1.807, 2.05) is 24.3 Å². The van der Waals surface area contributed by atoms with Crippen LogP contribution in [0.15, 0.2) is 54.7 Å². The van der Waals surface area contributed by atoms with E-state index in [-0.39, 0.29) is 6.61 Å². The van der Waals surface area contributed by atoms with Crippen LogP contribution in [-0.4, -0.2) is 17.6 Å². The predicted octanol–water partition coefficient (Wildman–Crippen LogP) is 5.24. The van der Waals surface area contributed by atoms with Crippen molar-refractivity contribution in [1.82, 2.24) is 4.90 Å². The summed E-state index contributed by atoms with van der Waals surface area (Å²) < 4.78 is 43.5. The molecule has 3 nitrogen and oxygen atoms in total. The zero-order chi connectivity index (χ0) is 18.0. The first-order chi connectivity index (χ1) is 11.9. The van der Waals surface area contributed by atoms with Gasteiger partial charge in [-0.05, 0) is 41.8 Å². The van der Waals surface area contributed by atoms with Crippen molar-refractivity contribution in [2.75, 3.05) is 6.61 Å². The number of amides is 1. The third-order valence-corrected chi connectivity index (χ3v) is 4.02. The first-order valence-electron chi connectivity index (χ1n) is 7.81. The van der Waals surface area contributed by atoms with Crippen LogP contribution in [0.1, 0.15) is 35.2 Å². The summed E-state index contributed by atoms with van der Waals surface area (Å²) in [7, 11) is 0. The smallest absolute Gasteiger partial charge is 0.416 e. The van der Waals surface area contributed by atoms with Crippen molar-refractivity contribution >= 4 is 12.2 Å². The molecule has 0 aromatic heterocycles. The summed E-state index contributed by atoms with van der Waals surface area (Å²) in [4.78, 5) is 13.7. The van der Waals surface area contributed by atoms with Gasteiger partial charge in [0.15, 0.2) is 0 Å². The van der Waals surface area contributed by atoms with E-state index in [1.54, 1.807) is 19.2 Å². The maximum absolute atomic E-state index is 12.8. The van der Waals surface area contributed by atoms with Gasteiger partial charge in [0.2, 0.25) is 0 Å². The van der Waals surface area contributed by atoms with E-state index in [9.17, 15) is 18.0 Å². The molecule has 1 unspecified atom stereocenters. The van der Waals surface area contributed by atoms with E-state index < -0.39 is 23.9 Å². The summed E-state index contributed by atoms with van der Waals surface area (Å²) in [5.41, 5.74) is 1.60. The summed E-state index contributed by atoms with van der Waals surface area (Å²) in [6, 6.07) is 11.8. The number of ether oxygens (including phenoxy) is 1. The fourth-order valence-corrected chi connectivity index (χ4v) is 2.87. The van der Waals surface area contributed by atoms with Crippen LogP contribution in [0.4, 0.5) is 18.0 Å². The number of carbonyl (C=O) groups is 1. The third kappa shape index (κ3) is 3.38. The summed E-state index contributed by atoms with van der Waals surface area (Å²) in [6.07, 6.45) is -1.56. The third-order valence-electron chi connectivity index (χ3n) is 4.02. The van der Waals surface area contributed by atoms with Gasteiger partial charge in [-0.25, -0.2) is 4.79 Å². The lowest BCUT2D eigenvalue weighted by atomic mass is 9.90. The number of nitrogens with zero attached hydrogens (tertiary/aromatic N) is 1. The zero-order valence-electron chi connectivity index (χ0n) is 13.5. The monoisotopic (exact) mass is 347 g/mol. The molecule has 1 heterocycles. The number of halogens is 3. The molecule has 0 radical (unpaired) electrons. The lowest BCUT2D eigenvalue weighted by Gasteiger charge is -2.33. The van der Waals surface area contributed by atoms with Crippen LogP contribution >= 0.6 is 0 Å². The van der Waals surface area contributed by atoms with Gasteiger partial charge in [0, 0.05) is 6.20 Å². The van der Waals surface area contributed by atoms with Crippen molar-refractivity contribution in [3.05, 3.63) is 77.0 Å². The Kier molecular flexibility index (Phi) is 4.53. The molecule has 0 fully saturated rings. The first-order valence-corrected chi connectivity index (χ1v) is 7.81. The molecule has 2 aromatic carbocycles. The lowest BCUT2D eigenvalue weighted by molar-refractivity contribution is -0.137. The molecule has 0 aliphatic carbocycles. The predicted molar refractivity (Wildman–Crippen MR) is 87.6 cm³/mol. The molecule has 1 amide bonds. The standard InChI is InChI=1S/C19H16F3NO2/c1-2-25-18(24)23-12-11-13-5-3-4-6-16(13)17(23)14-7-9-15(10-8-14)19(20,21)22/h3-12,17H,2H2,1H3. The Balaban J connectivity index is 2.05. The summed E-state index contributed by atoms with van der Waals surface area (Å²) in [6.45, 7) is 1.91. The number of benzene rings is 2. The number of fused-ring (bicyclic) bond motifs is 1. The van der Waals surface area contributed by atoms with Gasteiger partial charge in [-0.1, -0.05) is 36.4 Å². The van der Waals surface area contributed by atoms with Gasteiger partial charge < -0.3 is 4.74 Å². The van der Waals surface area contributed by atoms with Gasteiger partial charge in [-0.3, -0.25) is 4.90 Å². The second-order valence-corrected chi connectivity index (χ2v) is 5.57. The summed E-state index contributed by atoms with van der Waals surface area (Å²) in [5, 5.41) is 0. The van der Waals surface area contributed by atoms with E-state index >= 15 is 0 Å². The molecule has 0 bridgehead atoms. The minimum absolute atomic E-state index is 0.213. The average molecular weight is 347 g/mol. The molecule has 1 aliphatic rings. The Labute approximate surface area is 143 Å². The molecule has 6 heteroatoms. The highest BCUT2D eigenvalue weighted by molar-refractivity contribution is 5.74. The van der Waals surface area contributed by atoms with Crippen LogP contribution in [0.5, 0.6) is 0 Å². The highest BCUT2D eigenvalue weighted by Crippen LogP contribution is 2.37. The lowest BCUT2D eigenvalue weighted by Crippen LogP contribution is -2.33. The van der Waals surface area contributed by atoms with Crippen molar-refractivity contribution < 1.29 is 22.7 Å². The number of carbonyl (C=O) groups excluding carboxylic acids is 1. The normalized spacial score (nSPS) is 16.5. The Bertz CT molecular complexity index is 797. The van der Waals surface area contributed by atoms with Crippen LogP contribution in [0.25, 0.3) is 6.08 Å². The zero-order valence-corrected chi connectivity index (χ0v) is 13.5. The van der Waals surface area contributed by atoms with E-state index in [0.717, 1.165) is 23.3 Å². The SMILES string of the molecule is CCOC(=O)N1C=Cc2ccccc2C1c1ccc(C(F)(F)F)cc1. The van der Waals surface area contributed by atoms with E-state index in [0.29, 0.717) is 5.56 Å². The second kappa shape index (κ2) is 6.63. The highest BCUT2D eigenvalue weighted by atomic mass is 19.4. The van der Waals surface area contributed by atoms with Gasteiger partial charge in [-0.15, -0.1) is 0 Å². The van der Waals surface area contributed by atoms with Crippen molar-refractivity contribution in [2.45, 2.75) is 19.1 Å². The van der Waals surface area contributed by atoms with Crippen molar-refractivity contribution in [3.63, 3.8) is 0 Å². The number of hydrogen-bond acceptors (Lipinski definition) is 2. The maximum atomic E-state index is 12.8. The molecule has 25 heavy (non-hydrogen) atoms. The van der Waals surface area contributed by atoms with E-state index in [4.69, 9.17) is 4.74 Å². The topological polar surface area (TPSA) is 29.5 Å². The van der Waals surface area contributed by atoms with Crippen LogP contribution in [0.2, 0.25) is 0 Å². The Morgan fingerprint density at radius 2 is 1.80 bits per heavy atom. The van der Waals surface area contributed by atoms with Crippen molar-refractivity contribution in [3.8, 4) is 0 Å². The molecule has 0 saturated carbocycles. The fourth-order valence-electron chi connectivity index (χ4n) is 2.87. The van der Waals surface area contributed by atoms with Crippen LogP contribution in [0.3, 0.4) is 0 Å². The molecular formula is C19H16F3NO2. The average Bonchev–Trinajstić information content (AvgIpc) is 2.60. The molecule has 0 saturated heterocycles. The number of rotatable bonds is 2. The summed E-state index contributed by atoms with van der Waals surface area (Å²) >= 11 is 0. The van der Waals surface area contributed by atoms with Crippen molar-refractivity contribution in [2.24, 2.45) is 0 Å². The van der Waals surface area contributed by atoms with Crippen LogP contribution in [0, 0.1) is 0 Å². The fraction of sp³-hybridized carbons (Fsp3) is 0.211. The Hall–Kier alpha value is -2.76. The molecular weight excluding hydrogens is 331 g/mol. The molecule has 3 rings (SSSR count). The highest BCUT2D eigenvalue weighted by Gasteiger charge is 2.33. The molecule has 0 spiro atoms. The van der Waals surface area contributed by atoms with E-state index in [2.05, 4.69) is 0 Å². The first kappa shape index (κ1) is 17.1. The van der Waals surface area contributed by atoms with Gasteiger partial charge in [0.25, 0.3) is 0 Å². The minimum Gasteiger partial charge on any atom is -0.449 e. The minimum atomic E-state index is -4.40. The van der Waals surface area contributed by atoms with Crippen LogP contribution in [-0.2, 0) is 10.9 Å².